The van der Waals surface area contributed by atoms with Gasteiger partial charge >= 0.3 is 0 Å². The van der Waals surface area contributed by atoms with Crippen LogP contribution in [0.25, 0.3) is 0 Å². The van der Waals surface area contributed by atoms with E-state index < -0.39 is 0 Å². The van der Waals surface area contributed by atoms with Crippen LogP contribution in [0.2, 0.25) is 0 Å². The van der Waals surface area contributed by atoms with Gasteiger partial charge in [-0.1, -0.05) is 37.3 Å². The molecule has 2 heterocycles. The molecule has 0 spiro atoms. The van der Waals surface area contributed by atoms with Crippen LogP contribution < -0.4 is 20.9 Å². The first-order valence-electron chi connectivity index (χ1n) is 11.9. The van der Waals surface area contributed by atoms with Gasteiger partial charge in [0.1, 0.15) is 0 Å². The zero-order valence-corrected chi connectivity index (χ0v) is 22.0. The van der Waals surface area contributed by atoms with Gasteiger partial charge in [0.25, 0.3) is 0 Å². The number of aliphatic imine (C=N–C) groups is 1. The monoisotopic (exact) mass is 561 g/mol. The number of rotatable bonds is 6. The third kappa shape index (κ3) is 6.85. The lowest BCUT2D eigenvalue weighted by Crippen LogP contribution is -2.40. The lowest BCUT2D eigenvalue weighted by molar-refractivity contribution is -0.116. The van der Waals surface area contributed by atoms with Crippen LogP contribution in [-0.4, -0.2) is 38.0 Å². The fourth-order valence-corrected chi connectivity index (χ4v) is 4.49. The summed E-state index contributed by atoms with van der Waals surface area (Å²) in [6.45, 7) is 8.78. The molecule has 33 heavy (non-hydrogen) atoms. The summed E-state index contributed by atoms with van der Waals surface area (Å²) in [5, 5.41) is 9.73. The fourth-order valence-electron chi connectivity index (χ4n) is 4.49. The number of hydrogen-bond donors (Lipinski definition) is 3. The van der Waals surface area contributed by atoms with Crippen LogP contribution in [0.15, 0.2) is 53.5 Å². The van der Waals surface area contributed by atoms with E-state index in [0.29, 0.717) is 19.5 Å². The number of para-hydroxylation sites is 1. The zero-order valence-electron chi connectivity index (χ0n) is 19.6. The molecule has 0 bridgehead atoms. The highest BCUT2D eigenvalue weighted by atomic mass is 127. The average Bonchev–Trinajstić information content (AvgIpc) is 2.81. The minimum atomic E-state index is 0. The topological polar surface area (TPSA) is 68.8 Å². The molecule has 1 amide bonds. The second-order valence-electron chi connectivity index (χ2n) is 8.95. The van der Waals surface area contributed by atoms with Crippen LogP contribution in [0.5, 0.6) is 0 Å². The predicted octanol–water partition coefficient (Wildman–Crippen LogP) is 4.72. The van der Waals surface area contributed by atoms with Crippen LogP contribution in [-0.2, 0) is 11.3 Å². The number of carbonyl (C=O) groups is 1. The number of amides is 1. The highest BCUT2D eigenvalue weighted by Crippen LogP contribution is 2.31. The second-order valence-corrected chi connectivity index (χ2v) is 8.95. The Hall–Kier alpha value is -2.29. The molecule has 1 saturated heterocycles. The van der Waals surface area contributed by atoms with Crippen LogP contribution >= 0.6 is 24.0 Å². The van der Waals surface area contributed by atoms with E-state index in [4.69, 9.17) is 4.99 Å². The maximum atomic E-state index is 12.1. The quantitative estimate of drug-likeness (QED) is 0.271. The molecule has 1 atom stereocenters. The summed E-state index contributed by atoms with van der Waals surface area (Å²) in [6, 6.07) is 16.8. The number of nitrogens with one attached hydrogen (secondary N) is 3. The van der Waals surface area contributed by atoms with Crippen LogP contribution in [0.4, 0.5) is 11.4 Å². The largest absolute Gasteiger partial charge is 0.372 e. The highest BCUT2D eigenvalue weighted by molar-refractivity contribution is 14.0. The van der Waals surface area contributed by atoms with Crippen molar-refractivity contribution in [3.63, 3.8) is 0 Å². The molecule has 2 aliphatic heterocycles. The minimum Gasteiger partial charge on any atom is -0.372 e. The number of benzene rings is 2. The fraction of sp³-hybridized carbons (Fsp3) is 0.462. The molecule has 178 valence electrons. The Morgan fingerprint density at radius 3 is 2.55 bits per heavy atom. The first-order valence-corrected chi connectivity index (χ1v) is 11.9. The van der Waals surface area contributed by atoms with Crippen molar-refractivity contribution in [1.82, 2.24) is 10.6 Å². The third-order valence-corrected chi connectivity index (χ3v) is 6.47. The molecule has 4 rings (SSSR count). The maximum Gasteiger partial charge on any atom is 0.225 e. The number of fused-ring (bicyclic) bond motifs is 1. The van der Waals surface area contributed by atoms with Crippen molar-refractivity contribution >= 4 is 47.2 Å². The number of guanidine groups is 1. The van der Waals surface area contributed by atoms with E-state index in [0.717, 1.165) is 37.2 Å². The van der Waals surface area contributed by atoms with Gasteiger partial charge in [-0.05, 0) is 55.0 Å². The molecule has 1 unspecified atom stereocenters. The molecule has 3 N–H and O–H groups in total. The first kappa shape index (κ1) is 25.3. The summed E-state index contributed by atoms with van der Waals surface area (Å²) in [4.78, 5) is 19.3. The standard InChI is InChI=1S/C26H35N5O.HI/c1-3-27-26(29-18-21-16-25(32)30-24-7-5-4-6-23(21)24)28-17-20-8-10-22(11-9-20)31-14-12-19(2)13-15-31;/h4-11,19,21H,3,12-18H2,1-2H3,(H,30,32)(H2,27,28,29);1H. The van der Waals surface area contributed by atoms with Crippen molar-refractivity contribution < 1.29 is 4.79 Å². The van der Waals surface area contributed by atoms with E-state index in [1.807, 2.05) is 18.2 Å². The maximum absolute atomic E-state index is 12.1. The summed E-state index contributed by atoms with van der Waals surface area (Å²) < 4.78 is 0. The van der Waals surface area contributed by atoms with E-state index >= 15 is 0 Å². The van der Waals surface area contributed by atoms with Crippen molar-refractivity contribution in [3.05, 3.63) is 59.7 Å². The van der Waals surface area contributed by atoms with E-state index in [1.165, 1.54) is 29.7 Å². The van der Waals surface area contributed by atoms with Crippen LogP contribution in [0.3, 0.4) is 0 Å². The lowest BCUT2D eigenvalue weighted by Gasteiger charge is -2.32. The van der Waals surface area contributed by atoms with Crippen molar-refractivity contribution in [2.75, 3.05) is 36.4 Å². The average molecular weight is 562 g/mol. The summed E-state index contributed by atoms with van der Waals surface area (Å²) in [7, 11) is 0. The Kier molecular flexibility index (Phi) is 9.41. The van der Waals surface area contributed by atoms with E-state index in [2.05, 4.69) is 65.0 Å². The van der Waals surface area contributed by atoms with Crippen molar-refractivity contribution in [2.24, 2.45) is 10.9 Å². The van der Waals surface area contributed by atoms with E-state index in [1.54, 1.807) is 0 Å². The number of nitrogens with zero attached hydrogens (tertiary/aromatic N) is 2. The molecule has 2 aromatic carbocycles. The molecule has 1 fully saturated rings. The van der Waals surface area contributed by atoms with Gasteiger partial charge in [0.05, 0.1) is 6.54 Å². The van der Waals surface area contributed by atoms with Gasteiger partial charge in [-0.15, -0.1) is 24.0 Å². The number of halogens is 1. The molecule has 0 saturated carbocycles. The Bertz CT molecular complexity index is 938. The van der Waals surface area contributed by atoms with E-state index in [9.17, 15) is 4.79 Å². The van der Waals surface area contributed by atoms with Gasteiger partial charge in [-0.2, -0.15) is 0 Å². The molecule has 2 aliphatic rings. The van der Waals surface area contributed by atoms with Gasteiger partial charge < -0.3 is 20.9 Å². The normalized spacial score (nSPS) is 18.7. The molecular weight excluding hydrogens is 525 g/mol. The van der Waals surface area contributed by atoms with E-state index in [-0.39, 0.29) is 35.8 Å². The summed E-state index contributed by atoms with van der Waals surface area (Å²) >= 11 is 0. The van der Waals surface area contributed by atoms with Gasteiger partial charge in [-0.25, -0.2) is 4.99 Å². The molecule has 2 aromatic rings. The Morgan fingerprint density at radius 2 is 1.82 bits per heavy atom. The van der Waals surface area contributed by atoms with Gasteiger partial charge in [0.15, 0.2) is 5.96 Å². The zero-order chi connectivity index (χ0) is 22.3. The third-order valence-electron chi connectivity index (χ3n) is 6.47. The predicted molar refractivity (Wildman–Crippen MR) is 148 cm³/mol. The summed E-state index contributed by atoms with van der Waals surface area (Å²) in [5.74, 6) is 1.83. The van der Waals surface area contributed by atoms with Crippen LogP contribution in [0.1, 0.15) is 50.2 Å². The molecule has 0 aromatic heterocycles. The molecular formula is C26H36IN5O. The van der Waals surface area contributed by atoms with Crippen molar-refractivity contribution in [3.8, 4) is 0 Å². The van der Waals surface area contributed by atoms with Crippen molar-refractivity contribution in [1.29, 1.82) is 0 Å². The van der Waals surface area contributed by atoms with Gasteiger partial charge in [0.2, 0.25) is 5.91 Å². The summed E-state index contributed by atoms with van der Waals surface area (Å²) in [6.07, 6.45) is 3.04. The Balaban J connectivity index is 0.00000306. The Labute approximate surface area is 214 Å². The van der Waals surface area contributed by atoms with Gasteiger partial charge in [-0.3, -0.25) is 4.79 Å². The molecule has 0 aliphatic carbocycles. The Morgan fingerprint density at radius 1 is 1.09 bits per heavy atom. The second kappa shape index (κ2) is 12.3. The molecule has 0 radical (unpaired) electrons. The molecule has 6 nitrogen and oxygen atoms in total. The molecule has 7 heteroatoms. The number of piperidine rings is 1. The number of anilines is 2. The highest BCUT2D eigenvalue weighted by Gasteiger charge is 2.24. The van der Waals surface area contributed by atoms with Crippen LogP contribution in [0, 0.1) is 5.92 Å². The van der Waals surface area contributed by atoms with Gasteiger partial charge in [0, 0.05) is 49.9 Å². The van der Waals surface area contributed by atoms with Crippen molar-refractivity contribution in [2.45, 2.75) is 45.6 Å². The lowest BCUT2D eigenvalue weighted by atomic mass is 9.90. The number of hydrogen-bond acceptors (Lipinski definition) is 3. The SMILES string of the molecule is CCNC(=NCc1ccc(N2CCC(C)CC2)cc1)NCC1CC(=O)Nc2ccccc21.I. The summed E-state index contributed by atoms with van der Waals surface area (Å²) in [5.41, 5.74) is 4.60. The number of carbonyl (C=O) groups excluding carboxylic acids is 1. The minimum absolute atomic E-state index is 0. The first-order chi connectivity index (χ1) is 15.6. The smallest absolute Gasteiger partial charge is 0.225 e.